The van der Waals surface area contributed by atoms with E-state index in [1.807, 2.05) is 48.5 Å². The molecule has 6 heteroatoms. The van der Waals surface area contributed by atoms with Crippen molar-refractivity contribution in [3.8, 4) is 33.8 Å². The van der Waals surface area contributed by atoms with Crippen LogP contribution in [0, 0.1) is 22.7 Å². The van der Waals surface area contributed by atoms with Gasteiger partial charge in [-0.05, 0) is 78.4 Å². The van der Waals surface area contributed by atoms with Gasteiger partial charge >= 0.3 is 0 Å². The fourth-order valence-electron chi connectivity index (χ4n) is 5.83. The van der Waals surface area contributed by atoms with Crippen LogP contribution in [0.3, 0.4) is 0 Å². The third kappa shape index (κ3) is 4.67. The molecule has 210 valence electrons. The van der Waals surface area contributed by atoms with Crippen molar-refractivity contribution < 1.29 is 4.42 Å². The molecule has 0 radical (unpaired) electrons. The molecule has 0 spiro atoms. The molecule has 0 bridgehead atoms. The summed E-state index contributed by atoms with van der Waals surface area (Å²) >= 11 is 1.66. The van der Waals surface area contributed by atoms with Crippen molar-refractivity contribution in [2.24, 2.45) is 0 Å². The van der Waals surface area contributed by atoms with Gasteiger partial charge in [0.2, 0.25) is 0 Å². The standard InChI is InChI=1S/C39H22N4OS/c40-23-25-20-26(24-41)22-31(21-25)43(30-18-14-28(15-19-30)39-42-35-9-2-4-11-37(35)45-39)29-16-12-27(13-17-29)32-7-5-8-34-33-6-1-3-10-36(33)44-38(32)34/h1-22H. The van der Waals surface area contributed by atoms with Crippen LogP contribution in [0.2, 0.25) is 0 Å². The zero-order valence-corrected chi connectivity index (χ0v) is 24.6. The number of hydrogen-bond acceptors (Lipinski definition) is 6. The first-order valence-corrected chi connectivity index (χ1v) is 15.2. The van der Waals surface area contributed by atoms with Crippen molar-refractivity contribution in [3.05, 3.63) is 145 Å². The minimum Gasteiger partial charge on any atom is -0.455 e. The number of nitriles is 2. The predicted octanol–water partition coefficient (Wildman–Crippen LogP) is 10.7. The van der Waals surface area contributed by atoms with Crippen LogP contribution in [-0.2, 0) is 0 Å². The Bertz CT molecular complexity index is 2390. The maximum atomic E-state index is 9.74. The second-order valence-corrected chi connectivity index (χ2v) is 11.7. The highest BCUT2D eigenvalue weighted by Crippen LogP contribution is 2.40. The molecular weight excluding hydrogens is 573 g/mol. The number of aromatic nitrogens is 1. The Labute approximate surface area is 263 Å². The molecule has 0 N–H and O–H groups in total. The van der Waals surface area contributed by atoms with Crippen molar-refractivity contribution in [2.45, 2.75) is 0 Å². The van der Waals surface area contributed by atoms with Gasteiger partial charge in [0, 0.05) is 39.0 Å². The number of benzene rings is 6. The van der Waals surface area contributed by atoms with Gasteiger partial charge in [-0.25, -0.2) is 4.98 Å². The minimum atomic E-state index is 0.424. The molecule has 6 aromatic carbocycles. The lowest BCUT2D eigenvalue weighted by Gasteiger charge is -2.26. The van der Waals surface area contributed by atoms with Gasteiger partial charge in [-0.2, -0.15) is 10.5 Å². The average molecular weight is 595 g/mol. The van der Waals surface area contributed by atoms with Gasteiger partial charge in [0.05, 0.1) is 33.5 Å². The van der Waals surface area contributed by atoms with E-state index in [1.165, 1.54) is 0 Å². The third-order valence-corrected chi connectivity index (χ3v) is 9.03. The van der Waals surface area contributed by atoms with E-state index >= 15 is 0 Å². The predicted molar refractivity (Wildman–Crippen MR) is 182 cm³/mol. The highest BCUT2D eigenvalue weighted by molar-refractivity contribution is 7.21. The number of rotatable bonds is 5. The van der Waals surface area contributed by atoms with E-state index < -0.39 is 0 Å². The Kier molecular flexibility index (Phi) is 6.35. The Morgan fingerprint density at radius 3 is 1.96 bits per heavy atom. The van der Waals surface area contributed by atoms with E-state index in [0.717, 1.165) is 70.9 Å². The average Bonchev–Trinajstić information content (AvgIpc) is 3.71. The molecule has 2 aromatic heterocycles. The van der Waals surface area contributed by atoms with Crippen molar-refractivity contribution in [1.29, 1.82) is 10.5 Å². The number of fused-ring (bicyclic) bond motifs is 4. The molecule has 0 fully saturated rings. The molecule has 5 nitrogen and oxygen atoms in total. The maximum absolute atomic E-state index is 9.74. The fourth-order valence-corrected chi connectivity index (χ4v) is 6.80. The van der Waals surface area contributed by atoms with Crippen LogP contribution in [0.4, 0.5) is 17.1 Å². The Hall–Kier alpha value is -6.21. The van der Waals surface area contributed by atoms with Gasteiger partial charge in [-0.3, -0.25) is 0 Å². The second-order valence-electron chi connectivity index (χ2n) is 10.7. The summed E-state index contributed by atoms with van der Waals surface area (Å²) in [6, 6.07) is 48.6. The Morgan fingerprint density at radius 1 is 0.600 bits per heavy atom. The third-order valence-electron chi connectivity index (χ3n) is 7.94. The lowest BCUT2D eigenvalue weighted by atomic mass is 10.0. The maximum Gasteiger partial charge on any atom is 0.143 e. The van der Waals surface area contributed by atoms with E-state index in [2.05, 4.69) is 95.9 Å². The SMILES string of the molecule is N#Cc1cc(C#N)cc(N(c2ccc(-c3nc4ccccc4s3)cc2)c2ccc(-c3cccc4c3oc3ccccc34)cc2)c1. The van der Waals surface area contributed by atoms with E-state index in [0.29, 0.717) is 11.1 Å². The highest BCUT2D eigenvalue weighted by atomic mass is 32.1. The fraction of sp³-hybridized carbons (Fsp3) is 0. The number of nitrogens with zero attached hydrogens (tertiary/aromatic N) is 4. The molecule has 45 heavy (non-hydrogen) atoms. The number of hydrogen-bond donors (Lipinski definition) is 0. The normalized spacial score (nSPS) is 11.1. The number of thiazole rings is 1. The van der Waals surface area contributed by atoms with Gasteiger partial charge in [0.15, 0.2) is 0 Å². The Balaban J connectivity index is 1.22. The van der Waals surface area contributed by atoms with Crippen LogP contribution in [0.5, 0.6) is 0 Å². The molecule has 0 amide bonds. The first-order valence-electron chi connectivity index (χ1n) is 14.4. The molecule has 8 rings (SSSR count). The van der Waals surface area contributed by atoms with Crippen LogP contribution in [0.1, 0.15) is 11.1 Å². The molecule has 0 aliphatic heterocycles. The first-order chi connectivity index (χ1) is 22.2. The van der Waals surface area contributed by atoms with Gasteiger partial charge in [0.25, 0.3) is 0 Å². The number of para-hydroxylation sites is 3. The van der Waals surface area contributed by atoms with E-state index in [1.54, 1.807) is 17.4 Å². The summed E-state index contributed by atoms with van der Waals surface area (Å²) in [6.07, 6.45) is 0. The molecule has 2 heterocycles. The number of furan rings is 1. The van der Waals surface area contributed by atoms with Crippen LogP contribution >= 0.6 is 11.3 Å². The van der Waals surface area contributed by atoms with Crippen LogP contribution in [0.25, 0.3) is 53.9 Å². The highest BCUT2D eigenvalue weighted by Gasteiger charge is 2.17. The summed E-state index contributed by atoms with van der Waals surface area (Å²) in [4.78, 5) is 6.88. The lowest BCUT2D eigenvalue weighted by molar-refractivity contribution is 0.670. The van der Waals surface area contributed by atoms with Crippen molar-refractivity contribution in [2.75, 3.05) is 4.90 Å². The topological polar surface area (TPSA) is 76.8 Å². The first kappa shape index (κ1) is 26.4. The quantitative estimate of drug-likeness (QED) is 0.198. The van der Waals surface area contributed by atoms with Gasteiger partial charge in [-0.1, -0.05) is 60.7 Å². The van der Waals surface area contributed by atoms with Crippen molar-refractivity contribution in [1.82, 2.24) is 4.98 Å². The molecule has 0 unspecified atom stereocenters. The molecule has 0 atom stereocenters. The van der Waals surface area contributed by atoms with Crippen LogP contribution in [-0.4, -0.2) is 4.98 Å². The van der Waals surface area contributed by atoms with Crippen molar-refractivity contribution >= 4 is 60.6 Å². The summed E-state index contributed by atoms with van der Waals surface area (Å²) in [5.41, 5.74) is 9.13. The summed E-state index contributed by atoms with van der Waals surface area (Å²) in [5.74, 6) is 0. The molecule has 0 saturated carbocycles. The largest absolute Gasteiger partial charge is 0.455 e. The molecular formula is C39H22N4OS. The zero-order valence-electron chi connectivity index (χ0n) is 23.8. The van der Waals surface area contributed by atoms with Crippen LogP contribution < -0.4 is 4.90 Å². The van der Waals surface area contributed by atoms with E-state index in [4.69, 9.17) is 9.40 Å². The second kappa shape index (κ2) is 10.8. The smallest absolute Gasteiger partial charge is 0.143 e. The van der Waals surface area contributed by atoms with Crippen LogP contribution in [0.15, 0.2) is 138 Å². The van der Waals surface area contributed by atoms with E-state index in [9.17, 15) is 10.5 Å². The Morgan fingerprint density at radius 2 is 1.24 bits per heavy atom. The number of anilines is 3. The van der Waals surface area contributed by atoms with Gasteiger partial charge in [-0.15, -0.1) is 11.3 Å². The van der Waals surface area contributed by atoms with Gasteiger partial charge < -0.3 is 9.32 Å². The minimum absolute atomic E-state index is 0.424. The van der Waals surface area contributed by atoms with E-state index in [-0.39, 0.29) is 0 Å². The molecule has 0 aliphatic carbocycles. The molecule has 0 aliphatic rings. The summed E-state index contributed by atoms with van der Waals surface area (Å²) < 4.78 is 7.44. The summed E-state index contributed by atoms with van der Waals surface area (Å²) in [7, 11) is 0. The molecule has 0 saturated heterocycles. The summed E-state index contributed by atoms with van der Waals surface area (Å²) in [5, 5.41) is 22.6. The molecule has 8 aromatic rings. The van der Waals surface area contributed by atoms with Gasteiger partial charge in [0.1, 0.15) is 16.2 Å². The monoisotopic (exact) mass is 594 g/mol. The zero-order chi connectivity index (χ0) is 30.3. The summed E-state index contributed by atoms with van der Waals surface area (Å²) in [6.45, 7) is 0. The lowest BCUT2D eigenvalue weighted by Crippen LogP contribution is -2.10. The van der Waals surface area contributed by atoms with Crippen molar-refractivity contribution in [3.63, 3.8) is 0 Å².